The van der Waals surface area contributed by atoms with Gasteiger partial charge in [-0.1, -0.05) is 0 Å². The lowest BCUT2D eigenvalue weighted by Gasteiger charge is -2.13. The Bertz CT molecular complexity index is 295. The zero-order chi connectivity index (χ0) is 8.77. The zero-order valence-electron chi connectivity index (χ0n) is 7.17. The molecule has 64 valence electrons. The van der Waals surface area contributed by atoms with Gasteiger partial charge in [0.25, 0.3) is 0 Å². The van der Waals surface area contributed by atoms with E-state index in [-0.39, 0.29) is 5.54 Å². The van der Waals surface area contributed by atoms with Crippen molar-refractivity contribution in [3.63, 3.8) is 0 Å². The minimum atomic E-state index is -0.164. The van der Waals surface area contributed by atoms with Gasteiger partial charge in [-0.05, 0) is 31.4 Å². The molecule has 0 radical (unpaired) electrons. The standard InChI is InChI=1S/C9H13N3/c1-6-2-5-12-8(10)7(6)9(11)3-4-9/h2,5H,3-4,11H2,1H3,(H2,10,12). The van der Waals surface area contributed by atoms with Crippen molar-refractivity contribution in [3.8, 4) is 0 Å². The molecule has 4 N–H and O–H groups in total. The largest absolute Gasteiger partial charge is 0.383 e. The van der Waals surface area contributed by atoms with Gasteiger partial charge in [0.15, 0.2) is 0 Å². The highest BCUT2D eigenvalue weighted by atomic mass is 14.9. The molecular formula is C9H13N3. The van der Waals surface area contributed by atoms with E-state index in [1.54, 1.807) is 6.20 Å². The minimum absolute atomic E-state index is 0.164. The number of hydrogen-bond acceptors (Lipinski definition) is 3. The molecule has 0 saturated heterocycles. The Morgan fingerprint density at radius 2 is 2.17 bits per heavy atom. The van der Waals surface area contributed by atoms with Gasteiger partial charge in [-0.15, -0.1) is 0 Å². The maximum absolute atomic E-state index is 6.05. The molecule has 3 heteroatoms. The van der Waals surface area contributed by atoms with E-state index in [0.29, 0.717) is 5.82 Å². The summed E-state index contributed by atoms with van der Waals surface area (Å²) >= 11 is 0. The molecule has 1 aliphatic carbocycles. The van der Waals surface area contributed by atoms with Gasteiger partial charge >= 0.3 is 0 Å². The summed E-state index contributed by atoms with van der Waals surface area (Å²) in [5.74, 6) is 0.593. The first-order valence-electron chi connectivity index (χ1n) is 4.14. The van der Waals surface area contributed by atoms with Gasteiger partial charge in [0.1, 0.15) is 5.82 Å². The molecule has 1 saturated carbocycles. The summed E-state index contributed by atoms with van der Waals surface area (Å²) in [7, 11) is 0. The lowest BCUT2D eigenvalue weighted by Crippen LogP contribution is -2.22. The number of rotatable bonds is 1. The third-order valence-electron chi connectivity index (χ3n) is 2.48. The van der Waals surface area contributed by atoms with Crippen molar-refractivity contribution in [1.29, 1.82) is 0 Å². The highest BCUT2D eigenvalue weighted by Crippen LogP contribution is 2.45. The van der Waals surface area contributed by atoms with Crippen molar-refractivity contribution in [2.45, 2.75) is 25.3 Å². The number of anilines is 1. The van der Waals surface area contributed by atoms with Crippen LogP contribution in [0.3, 0.4) is 0 Å². The van der Waals surface area contributed by atoms with Gasteiger partial charge in [0, 0.05) is 17.3 Å². The number of pyridine rings is 1. The van der Waals surface area contributed by atoms with Gasteiger partial charge < -0.3 is 11.5 Å². The van der Waals surface area contributed by atoms with Crippen molar-refractivity contribution >= 4 is 5.82 Å². The molecule has 1 fully saturated rings. The Morgan fingerprint density at radius 3 is 2.67 bits per heavy atom. The Labute approximate surface area is 71.8 Å². The molecule has 0 atom stereocenters. The first-order chi connectivity index (χ1) is 5.63. The van der Waals surface area contributed by atoms with Crippen LogP contribution in [0.25, 0.3) is 0 Å². The molecule has 2 rings (SSSR count). The average molecular weight is 163 g/mol. The van der Waals surface area contributed by atoms with Crippen molar-refractivity contribution in [2.24, 2.45) is 5.73 Å². The SMILES string of the molecule is Cc1ccnc(N)c1C1(N)CC1. The molecule has 3 nitrogen and oxygen atoms in total. The Hall–Kier alpha value is -1.09. The summed E-state index contributed by atoms with van der Waals surface area (Å²) in [6.45, 7) is 2.03. The quantitative estimate of drug-likeness (QED) is 0.647. The molecule has 1 heterocycles. The molecule has 0 aromatic carbocycles. The van der Waals surface area contributed by atoms with E-state index >= 15 is 0 Å². The van der Waals surface area contributed by atoms with E-state index in [1.165, 1.54) is 0 Å². The fourth-order valence-electron chi connectivity index (χ4n) is 1.61. The summed E-state index contributed by atoms with van der Waals surface area (Å²) in [5.41, 5.74) is 13.8. The second-order valence-electron chi connectivity index (χ2n) is 3.54. The van der Waals surface area contributed by atoms with Crippen LogP contribution in [0.5, 0.6) is 0 Å². The van der Waals surface area contributed by atoms with Crippen LogP contribution in [0.2, 0.25) is 0 Å². The molecule has 0 bridgehead atoms. The monoisotopic (exact) mass is 163 g/mol. The van der Waals surface area contributed by atoms with Crippen molar-refractivity contribution in [3.05, 3.63) is 23.4 Å². The second-order valence-corrected chi connectivity index (χ2v) is 3.54. The van der Waals surface area contributed by atoms with E-state index in [1.807, 2.05) is 13.0 Å². The number of nitrogens with two attached hydrogens (primary N) is 2. The minimum Gasteiger partial charge on any atom is -0.383 e. The first kappa shape index (κ1) is 7.55. The predicted molar refractivity (Wildman–Crippen MR) is 48.5 cm³/mol. The summed E-state index contributed by atoms with van der Waals surface area (Å²) in [6, 6.07) is 1.96. The third kappa shape index (κ3) is 0.975. The number of nitrogens with zero attached hydrogens (tertiary/aromatic N) is 1. The van der Waals surface area contributed by atoms with Crippen LogP contribution in [-0.4, -0.2) is 4.98 Å². The second kappa shape index (κ2) is 2.20. The van der Waals surface area contributed by atoms with Crippen LogP contribution >= 0.6 is 0 Å². The molecule has 1 aromatic rings. The van der Waals surface area contributed by atoms with E-state index < -0.39 is 0 Å². The van der Waals surface area contributed by atoms with Crippen LogP contribution in [0.4, 0.5) is 5.82 Å². The summed E-state index contributed by atoms with van der Waals surface area (Å²) in [6.07, 6.45) is 3.79. The Kier molecular flexibility index (Phi) is 1.38. The van der Waals surface area contributed by atoms with Crippen LogP contribution in [0.1, 0.15) is 24.0 Å². The third-order valence-corrected chi connectivity index (χ3v) is 2.48. The van der Waals surface area contributed by atoms with Gasteiger partial charge in [-0.3, -0.25) is 0 Å². The maximum atomic E-state index is 6.05. The molecule has 0 unspecified atom stereocenters. The maximum Gasteiger partial charge on any atom is 0.128 e. The number of hydrogen-bond donors (Lipinski definition) is 2. The first-order valence-corrected chi connectivity index (χ1v) is 4.14. The normalized spacial score (nSPS) is 19.2. The van der Waals surface area contributed by atoms with Crippen LogP contribution in [0.15, 0.2) is 12.3 Å². The molecular weight excluding hydrogens is 150 g/mol. The highest BCUT2D eigenvalue weighted by Gasteiger charge is 2.42. The Balaban J connectivity index is 2.55. The number of nitrogen functional groups attached to an aromatic ring is 1. The van der Waals surface area contributed by atoms with Crippen LogP contribution in [0, 0.1) is 6.92 Å². The van der Waals surface area contributed by atoms with Crippen LogP contribution in [-0.2, 0) is 5.54 Å². The zero-order valence-corrected chi connectivity index (χ0v) is 7.17. The van der Waals surface area contributed by atoms with Crippen molar-refractivity contribution < 1.29 is 0 Å². The molecule has 1 aliphatic rings. The van der Waals surface area contributed by atoms with E-state index in [2.05, 4.69) is 4.98 Å². The summed E-state index contributed by atoms with van der Waals surface area (Å²) < 4.78 is 0. The van der Waals surface area contributed by atoms with Gasteiger partial charge in [-0.25, -0.2) is 4.98 Å². The lowest BCUT2D eigenvalue weighted by atomic mass is 10.0. The Morgan fingerprint density at radius 1 is 1.50 bits per heavy atom. The molecule has 1 aromatic heterocycles. The van der Waals surface area contributed by atoms with E-state index in [0.717, 1.165) is 24.0 Å². The van der Waals surface area contributed by atoms with Gasteiger partial charge in [0.2, 0.25) is 0 Å². The molecule has 0 aliphatic heterocycles. The van der Waals surface area contributed by atoms with Gasteiger partial charge in [-0.2, -0.15) is 0 Å². The van der Waals surface area contributed by atoms with Crippen molar-refractivity contribution in [1.82, 2.24) is 4.98 Å². The van der Waals surface area contributed by atoms with Crippen LogP contribution < -0.4 is 11.5 Å². The fraction of sp³-hybridized carbons (Fsp3) is 0.444. The van der Waals surface area contributed by atoms with E-state index in [9.17, 15) is 0 Å². The summed E-state index contributed by atoms with van der Waals surface area (Å²) in [5, 5.41) is 0. The number of aromatic nitrogens is 1. The van der Waals surface area contributed by atoms with Gasteiger partial charge in [0.05, 0.1) is 0 Å². The van der Waals surface area contributed by atoms with E-state index in [4.69, 9.17) is 11.5 Å². The highest BCUT2D eigenvalue weighted by molar-refractivity contribution is 5.50. The smallest absolute Gasteiger partial charge is 0.128 e. The lowest BCUT2D eigenvalue weighted by molar-refractivity contribution is 0.732. The fourth-order valence-corrected chi connectivity index (χ4v) is 1.61. The predicted octanol–water partition coefficient (Wildman–Crippen LogP) is 0.920. The molecule has 12 heavy (non-hydrogen) atoms. The number of aryl methyl sites for hydroxylation is 1. The van der Waals surface area contributed by atoms with Crippen molar-refractivity contribution in [2.75, 3.05) is 5.73 Å². The summed E-state index contributed by atoms with van der Waals surface area (Å²) in [4.78, 5) is 4.04. The molecule has 0 spiro atoms. The topological polar surface area (TPSA) is 64.9 Å². The molecule has 0 amide bonds. The average Bonchev–Trinajstić information content (AvgIpc) is 2.68.